The minimum absolute atomic E-state index is 0.344. The Morgan fingerprint density at radius 2 is 1.67 bits per heavy atom. The Morgan fingerprint density at radius 3 is 1.92 bits per heavy atom. The van der Waals surface area contributed by atoms with Crippen LogP contribution >= 0.6 is 0 Å². The van der Waals surface area contributed by atoms with Crippen LogP contribution in [0.4, 0.5) is 0 Å². The first-order valence-electron chi connectivity index (χ1n) is 4.98. The lowest BCUT2D eigenvalue weighted by molar-refractivity contribution is 0.512. The highest BCUT2D eigenvalue weighted by Crippen LogP contribution is 2.28. The lowest BCUT2D eigenvalue weighted by Crippen LogP contribution is -2.08. The van der Waals surface area contributed by atoms with Gasteiger partial charge in [0.1, 0.15) is 0 Å². The van der Waals surface area contributed by atoms with Crippen LogP contribution in [0.5, 0.6) is 0 Å². The quantitative estimate of drug-likeness (QED) is 0.502. The first-order valence-corrected chi connectivity index (χ1v) is 4.98. The minimum Gasteiger partial charge on any atom is -0.0839 e. The van der Waals surface area contributed by atoms with Crippen molar-refractivity contribution >= 4 is 0 Å². The van der Waals surface area contributed by atoms with E-state index in [0.717, 1.165) is 0 Å². The average Bonchev–Trinajstić information content (AvgIpc) is 2.08. The highest BCUT2D eigenvalue weighted by molar-refractivity contribution is 5.27. The molecule has 0 amide bonds. The van der Waals surface area contributed by atoms with E-state index in [2.05, 4.69) is 39.0 Å². The van der Waals surface area contributed by atoms with Crippen LogP contribution in [0.2, 0.25) is 0 Å². The van der Waals surface area contributed by atoms with Gasteiger partial charge in [-0.2, -0.15) is 0 Å². The number of rotatable bonds is 0. The molecule has 0 saturated carbocycles. The summed E-state index contributed by atoms with van der Waals surface area (Å²) in [5.74, 6) is 0. The summed E-state index contributed by atoms with van der Waals surface area (Å²) in [6.45, 7) is 10.8. The molecule has 1 aliphatic rings. The topological polar surface area (TPSA) is 0 Å². The van der Waals surface area contributed by atoms with E-state index >= 15 is 0 Å². The molecule has 0 nitrogen and oxygen atoms in total. The Kier molecular flexibility index (Phi) is 4.96. The molecule has 0 spiro atoms. The first-order chi connectivity index (χ1) is 5.61. The van der Waals surface area contributed by atoms with Crippen LogP contribution in [0.15, 0.2) is 23.8 Å². The van der Waals surface area contributed by atoms with E-state index in [4.69, 9.17) is 0 Å². The Labute approximate surface area is 77.4 Å². The van der Waals surface area contributed by atoms with E-state index in [1.165, 1.54) is 18.4 Å². The van der Waals surface area contributed by atoms with Crippen molar-refractivity contribution in [1.82, 2.24) is 0 Å². The third-order valence-electron chi connectivity index (χ3n) is 1.86. The van der Waals surface area contributed by atoms with Crippen molar-refractivity contribution in [2.75, 3.05) is 0 Å². The summed E-state index contributed by atoms with van der Waals surface area (Å²) in [6, 6.07) is 0. The minimum atomic E-state index is 0.344. The summed E-state index contributed by atoms with van der Waals surface area (Å²) in [5.41, 5.74) is 1.83. The third-order valence-corrected chi connectivity index (χ3v) is 1.86. The van der Waals surface area contributed by atoms with Crippen molar-refractivity contribution < 1.29 is 0 Å². The van der Waals surface area contributed by atoms with Crippen LogP contribution < -0.4 is 0 Å². The molecule has 0 atom stereocenters. The second kappa shape index (κ2) is 5.18. The molecule has 0 heteroatoms. The third kappa shape index (κ3) is 3.75. The van der Waals surface area contributed by atoms with Gasteiger partial charge in [-0.05, 0) is 23.8 Å². The number of hydrogen-bond donors (Lipinski definition) is 0. The molecule has 0 aromatic rings. The van der Waals surface area contributed by atoms with Gasteiger partial charge in [-0.3, -0.25) is 0 Å². The van der Waals surface area contributed by atoms with Crippen molar-refractivity contribution in [3.05, 3.63) is 23.8 Å². The van der Waals surface area contributed by atoms with Crippen LogP contribution in [0.3, 0.4) is 0 Å². The fraction of sp³-hybridized carbons (Fsp3) is 0.667. The second-order valence-corrected chi connectivity index (χ2v) is 3.89. The smallest absolute Gasteiger partial charge is 0.0135 e. The molecule has 0 aromatic carbocycles. The lowest BCUT2D eigenvalue weighted by atomic mass is 9.84. The monoisotopic (exact) mass is 166 g/mol. The molecule has 0 unspecified atom stereocenters. The van der Waals surface area contributed by atoms with Crippen LogP contribution in [-0.2, 0) is 0 Å². The molecule has 12 heavy (non-hydrogen) atoms. The molecule has 0 heterocycles. The fourth-order valence-electron chi connectivity index (χ4n) is 1.17. The van der Waals surface area contributed by atoms with Crippen LogP contribution in [-0.4, -0.2) is 0 Å². The summed E-state index contributed by atoms with van der Waals surface area (Å²) in [6.07, 6.45) is 9.31. The standard InChI is InChI=1S/C10H16.C2H6/c1-10(2,3)9-7-5-4-6-8-9;1-2/h5,7-8H,4,6H2,1-3H3;1-2H3. The van der Waals surface area contributed by atoms with Gasteiger partial charge in [-0.1, -0.05) is 52.8 Å². The molecule has 0 aliphatic heterocycles. The number of allylic oxidation sites excluding steroid dienone is 4. The molecule has 1 aliphatic carbocycles. The SMILES string of the molecule is CC.CC(C)(C)C1=CCCC=C1. The van der Waals surface area contributed by atoms with Gasteiger partial charge in [0.15, 0.2) is 0 Å². The highest BCUT2D eigenvalue weighted by atomic mass is 14.2. The van der Waals surface area contributed by atoms with E-state index in [0.29, 0.717) is 5.41 Å². The van der Waals surface area contributed by atoms with Crippen LogP contribution in [0, 0.1) is 5.41 Å². The van der Waals surface area contributed by atoms with Gasteiger partial charge in [-0.15, -0.1) is 0 Å². The molecular formula is C12H22. The van der Waals surface area contributed by atoms with E-state index in [1.54, 1.807) is 0 Å². The van der Waals surface area contributed by atoms with Crippen molar-refractivity contribution in [3.63, 3.8) is 0 Å². The zero-order chi connectivity index (χ0) is 9.61. The van der Waals surface area contributed by atoms with E-state index < -0.39 is 0 Å². The van der Waals surface area contributed by atoms with Crippen LogP contribution in [0.25, 0.3) is 0 Å². The first kappa shape index (κ1) is 11.5. The van der Waals surface area contributed by atoms with E-state index in [-0.39, 0.29) is 0 Å². The lowest BCUT2D eigenvalue weighted by Gasteiger charge is -2.22. The van der Waals surface area contributed by atoms with Gasteiger partial charge in [0, 0.05) is 0 Å². The predicted molar refractivity (Wildman–Crippen MR) is 57.3 cm³/mol. The Morgan fingerprint density at radius 1 is 1.08 bits per heavy atom. The predicted octanol–water partition coefficient (Wildman–Crippen LogP) is 4.34. The number of hydrogen-bond acceptors (Lipinski definition) is 0. The van der Waals surface area contributed by atoms with E-state index in [9.17, 15) is 0 Å². The second-order valence-electron chi connectivity index (χ2n) is 3.89. The van der Waals surface area contributed by atoms with Gasteiger partial charge in [-0.25, -0.2) is 0 Å². The zero-order valence-corrected chi connectivity index (χ0v) is 9.15. The van der Waals surface area contributed by atoms with Crippen molar-refractivity contribution in [3.8, 4) is 0 Å². The largest absolute Gasteiger partial charge is 0.0839 e. The highest BCUT2D eigenvalue weighted by Gasteiger charge is 2.14. The summed E-state index contributed by atoms with van der Waals surface area (Å²) in [5, 5.41) is 0. The van der Waals surface area contributed by atoms with Crippen molar-refractivity contribution in [2.45, 2.75) is 47.5 Å². The molecule has 0 radical (unpaired) electrons. The molecule has 70 valence electrons. The molecular weight excluding hydrogens is 144 g/mol. The van der Waals surface area contributed by atoms with Crippen molar-refractivity contribution in [2.24, 2.45) is 5.41 Å². The maximum atomic E-state index is 2.35. The zero-order valence-electron chi connectivity index (χ0n) is 9.15. The summed E-state index contributed by atoms with van der Waals surface area (Å²) < 4.78 is 0. The summed E-state index contributed by atoms with van der Waals surface area (Å²) in [4.78, 5) is 0. The Hall–Kier alpha value is -0.520. The molecule has 0 saturated heterocycles. The Bertz CT molecular complexity index is 165. The van der Waals surface area contributed by atoms with Crippen LogP contribution in [0.1, 0.15) is 47.5 Å². The van der Waals surface area contributed by atoms with Gasteiger partial charge in [0.25, 0.3) is 0 Å². The van der Waals surface area contributed by atoms with Gasteiger partial charge in [0.2, 0.25) is 0 Å². The molecule has 0 N–H and O–H groups in total. The maximum Gasteiger partial charge on any atom is -0.0135 e. The maximum absolute atomic E-state index is 2.35. The average molecular weight is 166 g/mol. The normalized spacial score (nSPS) is 16.2. The summed E-state index contributed by atoms with van der Waals surface area (Å²) >= 11 is 0. The van der Waals surface area contributed by atoms with Gasteiger partial charge >= 0.3 is 0 Å². The van der Waals surface area contributed by atoms with Gasteiger partial charge in [0.05, 0.1) is 0 Å². The molecule has 0 fully saturated rings. The molecule has 1 rings (SSSR count). The Balaban J connectivity index is 0.000000561. The van der Waals surface area contributed by atoms with E-state index in [1.807, 2.05) is 13.8 Å². The molecule has 0 aromatic heterocycles. The summed E-state index contributed by atoms with van der Waals surface area (Å²) in [7, 11) is 0. The van der Waals surface area contributed by atoms with Crippen molar-refractivity contribution in [1.29, 1.82) is 0 Å². The van der Waals surface area contributed by atoms with Gasteiger partial charge < -0.3 is 0 Å². The fourth-order valence-corrected chi connectivity index (χ4v) is 1.17. The molecule has 0 bridgehead atoms.